The molecule has 3 nitrogen and oxygen atoms in total. The third-order valence-corrected chi connectivity index (χ3v) is 5.88. The molecule has 4 unspecified atom stereocenters. The van der Waals surface area contributed by atoms with Crippen LogP contribution in [0.1, 0.15) is 70.5 Å². The summed E-state index contributed by atoms with van der Waals surface area (Å²) in [5, 5.41) is 15.1. The van der Waals surface area contributed by atoms with E-state index < -0.39 is 0 Å². The molecular formula is C18H30N2O. The summed E-state index contributed by atoms with van der Waals surface area (Å²) in [7, 11) is 0. The molecule has 2 saturated carbocycles. The number of aliphatic hydroxyl groups excluding tert-OH is 1. The van der Waals surface area contributed by atoms with E-state index in [0.29, 0.717) is 6.04 Å². The second-order valence-corrected chi connectivity index (χ2v) is 7.29. The molecule has 21 heavy (non-hydrogen) atoms. The Morgan fingerprint density at radius 1 is 1.29 bits per heavy atom. The number of rotatable bonds is 7. The second kappa shape index (κ2) is 6.51. The first-order valence-electron chi connectivity index (χ1n) is 8.91. The van der Waals surface area contributed by atoms with Crippen molar-refractivity contribution in [3.05, 3.63) is 18.0 Å². The first-order valence-corrected chi connectivity index (χ1v) is 8.91. The van der Waals surface area contributed by atoms with Crippen molar-refractivity contribution in [1.82, 2.24) is 9.78 Å². The molecule has 0 radical (unpaired) electrons. The third-order valence-electron chi connectivity index (χ3n) is 5.88. The van der Waals surface area contributed by atoms with E-state index in [0.717, 1.165) is 49.1 Å². The Morgan fingerprint density at radius 2 is 2.10 bits per heavy atom. The van der Waals surface area contributed by atoms with Crippen molar-refractivity contribution in [3.8, 4) is 0 Å². The molecule has 4 atom stereocenters. The van der Waals surface area contributed by atoms with Crippen molar-refractivity contribution < 1.29 is 5.11 Å². The van der Waals surface area contributed by atoms with Crippen LogP contribution < -0.4 is 0 Å². The minimum absolute atomic E-state index is 0.209. The number of hydrogen-bond donors (Lipinski definition) is 1. The topological polar surface area (TPSA) is 38.0 Å². The minimum atomic E-state index is -0.209. The zero-order chi connectivity index (χ0) is 14.8. The van der Waals surface area contributed by atoms with Gasteiger partial charge in [0.2, 0.25) is 0 Å². The van der Waals surface area contributed by atoms with Gasteiger partial charge in [0.1, 0.15) is 0 Å². The Kier molecular flexibility index (Phi) is 4.68. The first-order chi connectivity index (χ1) is 10.2. The van der Waals surface area contributed by atoms with Gasteiger partial charge in [-0.25, -0.2) is 0 Å². The Hall–Kier alpha value is -0.830. The molecule has 2 bridgehead atoms. The smallest absolute Gasteiger partial charge is 0.0650 e. The molecule has 2 fully saturated rings. The molecule has 0 aromatic carbocycles. The Balaban J connectivity index is 1.51. The zero-order valence-corrected chi connectivity index (χ0v) is 13.5. The van der Waals surface area contributed by atoms with E-state index in [4.69, 9.17) is 0 Å². The normalized spacial score (nSPS) is 29.4. The molecule has 118 valence electrons. The fourth-order valence-electron chi connectivity index (χ4n) is 4.69. The van der Waals surface area contributed by atoms with Crippen LogP contribution in [0.2, 0.25) is 0 Å². The average Bonchev–Trinajstić information content (AvgIpc) is 3.17. The summed E-state index contributed by atoms with van der Waals surface area (Å²) in [5.74, 6) is 2.66. The van der Waals surface area contributed by atoms with Crippen molar-refractivity contribution in [2.75, 3.05) is 0 Å². The van der Waals surface area contributed by atoms with Crippen LogP contribution in [0, 0.1) is 17.8 Å². The van der Waals surface area contributed by atoms with Crippen LogP contribution in [0.3, 0.4) is 0 Å². The fraction of sp³-hybridized carbons (Fsp3) is 0.833. The van der Waals surface area contributed by atoms with E-state index in [2.05, 4.69) is 35.9 Å². The summed E-state index contributed by atoms with van der Waals surface area (Å²) in [4.78, 5) is 0. The number of aliphatic hydroxyl groups is 1. The van der Waals surface area contributed by atoms with E-state index in [1.54, 1.807) is 0 Å². The quantitative estimate of drug-likeness (QED) is 0.825. The van der Waals surface area contributed by atoms with Gasteiger partial charge in [-0.15, -0.1) is 0 Å². The predicted octanol–water partition coefficient (Wildman–Crippen LogP) is 3.97. The molecule has 2 aliphatic carbocycles. The number of hydrogen-bond acceptors (Lipinski definition) is 2. The Morgan fingerprint density at radius 3 is 2.71 bits per heavy atom. The largest absolute Gasteiger partial charge is 0.393 e. The van der Waals surface area contributed by atoms with Gasteiger partial charge in [0, 0.05) is 12.6 Å². The SMILES string of the molecule is CCC(CC)n1ccc(CC(O)CC2CC3CCC2C3)n1. The van der Waals surface area contributed by atoms with Gasteiger partial charge in [0.15, 0.2) is 0 Å². The lowest BCUT2D eigenvalue weighted by molar-refractivity contribution is 0.123. The highest BCUT2D eigenvalue weighted by atomic mass is 16.3. The summed E-state index contributed by atoms with van der Waals surface area (Å²) >= 11 is 0. The lowest BCUT2D eigenvalue weighted by Crippen LogP contribution is -2.20. The molecule has 2 aliphatic rings. The summed E-state index contributed by atoms with van der Waals surface area (Å²) < 4.78 is 2.08. The van der Waals surface area contributed by atoms with Crippen LogP contribution in [-0.4, -0.2) is 21.0 Å². The summed E-state index contributed by atoms with van der Waals surface area (Å²) in [6, 6.07) is 2.59. The Labute approximate surface area is 128 Å². The van der Waals surface area contributed by atoms with Crippen molar-refractivity contribution in [2.24, 2.45) is 17.8 Å². The van der Waals surface area contributed by atoms with Gasteiger partial charge in [-0.05, 0) is 62.3 Å². The van der Waals surface area contributed by atoms with Crippen LogP contribution >= 0.6 is 0 Å². The third kappa shape index (κ3) is 3.33. The van der Waals surface area contributed by atoms with E-state index in [-0.39, 0.29) is 6.10 Å². The van der Waals surface area contributed by atoms with Crippen LogP contribution in [0.4, 0.5) is 0 Å². The second-order valence-electron chi connectivity index (χ2n) is 7.29. The van der Waals surface area contributed by atoms with E-state index in [1.807, 2.05) is 0 Å². The lowest BCUT2D eigenvalue weighted by atomic mass is 9.84. The van der Waals surface area contributed by atoms with Gasteiger partial charge in [-0.1, -0.05) is 20.3 Å². The summed E-state index contributed by atoms with van der Waals surface area (Å²) in [5.41, 5.74) is 1.05. The molecule has 1 aromatic heterocycles. The zero-order valence-electron chi connectivity index (χ0n) is 13.5. The van der Waals surface area contributed by atoms with Crippen molar-refractivity contribution >= 4 is 0 Å². The molecule has 1 heterocycles. The molecule has 1 aromatic rings. The van der Waals surface area contributed by atoms with Crippen LogP contribution in [0.15, 0.2) is 12.3 Å². The summed E-state index contributed by atoms with van der Waals surface area (Å²) in [6.07, 6.45) is 11.5. The van der Waals surface area contributed by atoms with Crippen molar-refractivity contribution in [1.29, 1.82) is 0 Å². The van der Waals surface area contributed by atoms with E-state index in [9.17, 15) is 5.11 Å². The highest BCUT2D eigenvalue weighted by molar-refractivity contribution is 5.02. The van der Waals surface area contributed by atoms with E-state index in [1.165, 1.54) is 25.7 Å². The van der Waals surface area contributed by atoms with Gasteiger partial charge in [-0.2, -0.15) is 5.10 Å². The Bertz CT molecular complexity index is 452. The molecule has 1 N–H and O–H groups in total. The summed E-state index contributed by atoms with van der Waals surface area (Å²) in [6.45, 7) is 4.42. The van der Waals surface area contributed by atoms with Gasteiger partial charge < -0.3 is 5.11 Å². The van der Waals surface area contributed by atoms with Crippen molar-refractivity contribution in [2.45, 2.75) is 77.4 Å². The molecule has 0 amide bonds. The fourth-order valence-corrected chi connectivity index (χ4v) is 4.69. The first kappa shape index (κ1) is 15.1. The van der Waals surface area contributed by atoms with Crippen LogP contribution in [0.25, 0.3) is 0 Å². The van der Waals surface area contributed by atoms with E-state index >= 15 is 0 Å². The van der Waals surface area contributed by atoms with Gasteiger partial charge in [0.25, 0.3) is 0 Å². The number of fused-ring (bicyclic) bond motifs is 2. The van der Waals surface area contributed by atoms with Gasteiger partial charge >= 0.3 is 0 Å². The molecule has 0 saturated heterocycles. The number of aromatic nitrogens is 2. The molecule has 3 heteroatoms. The molecule has 3 rings (SSSR count). The molecule has 0 aliphatic heterocycles. The van der Waals surface area contributed by atoms with Crippen molar-refractivity contribution in [3.63, 3.8) is 0 Å². The predicted molar refractivity (Wildman–Crippen MR) is 85.1 cm³/mol. The lowest BCUT2D eigenvalue weighted by Gasteiger charge is -2.23. The molecule has 0 spiro atoms. The maximum Gasteiger partial charge on any atom is 0.0650 e. The van der Waals surface area contributed by atoms with Crippen LogP contribution in [0.5, 0.6) is 0 Å². The van der Waals surface area contributed by atoms with Gasteiger partial charge in [0.05, 0.1) is 17.8 Å². The maximum atomic E-state index is 10.4. The number of nitrogens with zero attached hydrogens (tertiary/aromatic N) is 2. The molecular weight excluding hydrogens is 260 g/mol. The monoisotopic (exact) mass is 290 g/mol. The van der Waals surface area contributed by atoms with Crippen LogP contribution in [-0.2, 0) is 6.42 Å². The standard InChI is InChI=1S/C18H30N2O/c1-3-17(4-2)20-8-7-16(19-20)12-18(21)11-15-10-13-5-6-14(15)9-13/h7-8,13-15,17-18,21H,3-6,9-12H2,1-2H3. The maximum absolute atomic E-state index is 10.4. The highest BCUT2D eigenvalue weighted by Gasteiger charge is 2.39. The average molecular weight is 290 g/mol. The highest BCUT2D eigenvalue weighted by Crippen LogP contribution is 2.49. The van der Waals surface area contributed by atoms with Gasteiger partial charge in [-0.3, -0.25) is 4.68 Å². The minimum Gasteiger partial charge on any atom is -0.393 e.